The second-order valence-corrected chi connectivity index (χ2v) is 7.24. The van der Waals surface area contributed by atoms with E-state index >= 15 is 0 Å². The Balaban J connectivity index is 1.99. The molecule has 0 atom stereocenters. The average molecular weight is 512 g/mol. The van der Waals surface area contributed by atoms with Crippen molar-refractivity contribution < 1.29 is 23.8 Å². The van der Waals surface area contributed by atoms with E-state index in [9.17, 15) is 9.59 Å². The summed E-state index contributed by atoms with van der Waals surface area (Å²) in [6, 6.07) is 10.4. The Labute approximate surface area is 180 Å². The van der Waals surface area contributed by atoms with Crippen molar-refractivity contribution in [2.45, 2.75) is 13.8 Å². The molecule has 8 heteroatoms. The van der Waals surface area contributed by atoms with Gasteiger partial charge in [0.2, 0.25) is 5.90 Å². The molecule has 0 N–H and O–H groups in total. The van der Waals surface area contributed by atoms with Gasteiger partial charge in [0.1, 0.15) is 0 Å². The number of ether oxygens (including phenoxy) is 3. The van der Waals surface area contributed by atoms with Crippen LogP contribution in [0.2, 0.25) is 5.02 Å². The van der Waals surface area contributed by atoms with Gasteiger partial charge in [0.25, 0.3) is 0 Å². The molecule has 0 saturated carbocycles. The molecule has 0 saturated heterocycles. The molecule has 0 unspecified atom stereocenters. The van der Waals surface area contributed by atoms with Crippen molar-refractivity contribution in [1.29, 1.82) is 0 Å². The number of aliphatic imine (C=N–C) groups is 1. The number of cyclic esters (lactones) is 1. The van der Waals surface area contributed by atoms with Crippen molar-refractivity contribution in [2.24, 2.45) is 4.99 Å². The lowest BCUT2D eigenvalue weighted by molar-refractivity contribution is -0.132. The Morgan fingerprint density at radius 1 is 1.32 bits per heavy atom. The number of nitrogens with zero attached hydrogens (tertiary/aromatic N) is 1. The van der Waals surface area contributed by atoms with Gasteiger partial charge >= 0.3 is 11.9 Å². The standard InChI is InChI=1S/C20H15ClINO5/c1-3-26-17-10-12(8-15(22)18(17)27-11(2)24)9-16-20(25)28-19(23-16)13-6-4-5-7-14(13)21/h4-10H,3H2,1-2H3. The van der Waals surface area contributed by atoms with Gasteiger partial charge in [-0.3, -0.25) is 4.79 Å². The van der Waals surface area contributed by atoms with Gasteiger partial charge in [0.15, 0.2) is 17.2 Å². The number of hydrogen-bond acceptors (Lipinski definition) is 6. The minimum atomic E-state index is -0.577. The van der Waals surface area contributed by atoms with Gasteiger partial charge in [-0.25, -0.2) is 9.79 Å². The van der Waals surface area contributed by atoms with E-state index in [1.54, 1.807) is 42.5 Å². The zero-order valence-corrected chi connectivity index (χ0v) is 17.9. The van der Waals surface area contributed by atoms with Crippen LogP contribution in [0.4, 0.5) is 0 Å². The first kappa shape index (κ1) is 20.3. The Hall–Kier alpha value is -2.39. The van der Waals surface area contributed by atoms with Gasteiger partial charge in [-0.2, -0.15) is 0 Å². The first-order chi connectivity index (χ1) is 13.4. The fourth-order valence-electron chi connectivity index (χ4n) is 2.49. The van der Waals surface area contributed by atoms with Gasteiger partial charge in [0, 0.05) is 6.92 Å². The lowest BCUT2D eigenvalue weighted by atomic mass is 10.1. The SMILES string of the molecule is CCOc1cc(C=C2N=C(c3ccccc3Cl)OC2=O)cc(I)c1OC(C)=O. The number of carbonyl (C=O) groups excluding carboxylic acids is 2. The largest absolute Gasteiger partial charge is 0.490 e. The molecule has 6 nitrogen and oxygen atoms in total. The third-order valence-corrected chi connectivity index (χ3v) is 4.74. The minimum absolute atomic E-state index is 0.133. The monoisotopic (exact) mass is 511 g/mol. The molecule has 3 rings (SSSR count). The first-order valence-corrected chi connectivity index (χ1v) is 9.77. The van der Waals surface area contributed by atoms with Crippen LogP contribution in [-0.2, 0) is 14.3 Å². The van der Waals surface area contributed by atoms with Crippen LogP contribution in [0.15, 0.2) is 47.1 Å². The van der Waals surface area contributed by atoms with Gasteiger partial charge < -0.3 is 14.2 Å². The maximum atomic E-state index is 12.2. The van der Waals surface area contributed by atoms with E-state index in [-0.39, 0.29) is 11.6 Å². The topological polar surface area (TPSA) is 74.2 Å². The summed E-state index contributed by atoms with van der Waals surface area (Å²) >= 11 is 8.18. The van der Waals surface area contributed by atoms with Gasteiger partial charge in [-0.1, -0.05) is 23.7 Å². The molecule has 1 heterocycles. The third-order valence-electron chi connectivity index (χ3n) is 3.61. The van der Waals surface area contributed by atoms with E-state index in [1.807, 2.05) is 29.5 Å². The van der Waals surface area contributed by atoms with Crippen molar-refractivity contribution in [3.8, 4) is 11.5 Å². The lowest BCUT2D eigenvalue weighted by Gasteiger charge is -2.12. The van der Waals surface area contributed by atoms with Crippen LogP contribution in [0.5, 0.6) is 11.5 Å². The molecule has 144 valence electrons. The summed E-state index contributed by atoms with van der Waals surface area (Å²) in [6.07, 6.45) is 1.58. The molecule has 0 fully saturated rings. The Morgan fingerprint density at radius 3 is 2.75 bits per heavy atom. The molecule has 1 aliphatic rings. The van der Waals surface area contributed by atoms with Crippen LogP contribution in [0.3, 0.4) is 0 Å². The predicted molar refractivity (Wildman–Crippen MR) is 114 cm³/mol. The number of hydrogen-bond donors (Lipinski definition) is 0. The Morgan fingerprint density at radius 2 is 2.07 bits per heavy atom. The molecular weight excluding hydrogens is 497 g/mol. The summed E-state index contributed by atoms with van der Waals surface area (Å²) in [7, 11) is 0. The van der Waals surface area contributed by atoms with Crippen molar-refractivity contribution in [3.05, 3.63) is 61.8 Å². The molecule has 0 aliphatic carbocycles. The summed E-state index contributed by atoms with van der Waals surface area (Å²) in [5, 5.41) is 0.439. The molecule has 0 radical (unpaired) electrons. The molecule has 28 heavy (non-hydrogen) atoms. The molecule has 0 bridgehead atoms. The summed E-state index contributed by atoms with van der Waals surface area (Å²) in [6.45, 7) is 3.53. The summed E-state index contributed by atoms with van der Waals surface area (Å²) in [5.74, 6) is -0.132. The van der Waals surface area contributed by atoms with E-state index in [4.69, 9.17) is 25.8 Å². The molecule has 2 aromatic carbocycles. The van der Waals surface area contributed by atoms with Gasteiger partial charge in [0.05, 0.1) is 20.8 Å². The molecule has 0 spiro atoms. The second kappa shape index (κ2) is 8.74. The van der Waals surface area contributed by atoms with Crippen LogP contribution < -0.4 is 9.47 Å². The number of rotatable bonds is 5. The summed E-state index contributed by atoms with van der Waals surface area (Å²) in [5.41, 5.74) is 1.32. The highest BCUT2D eigenvalue weighted by molar-refractivity contribution is 14.1. The van der Waals surface area contributed by atoms with Gasteiger partial charge in [-0.05, 0) is 65.4 Å². The van der Waals surface area contributed by atoms with Crippen molar-refractivity contribution >= 4 is 58.1 Å². The second-order valence-electron chi connectivity index (χ2n) is 5.67. The van der Waals surface area contributed by atoms with Crippen LogP contribution in [-0.4, -0.2) is 24.4 Å². The lowest BCUT2D eigenvalue weighted by Crippen LogP contribution is -2.06. The summed E-state index contributed by atoms with van der Waals surface area (Å²) in [4.78, 5) is 27.8. The van der Waals surface area contributed by atoms with E-state index in [1.165, 1.54) is 6.92 Å². The fourth-order valence-corrected chi connectivity index (χ4v) is 3.45. The maximum Gasteiger partial charge on any atom is 0.363 e. The van der Waals surface area contributed by atoms with E-state index in [2.05, 4.69) is 4.99 Å². The third kappa shape index (κ3) is 4.53. The highest BCUT2D eigenvalue weighted by Crippen LogP contribution is 2.35. The van der Waals surface area contributed by atoms with Crippen LogP contribution in [0, 0.1) is 3.57 Å². The number of halogens is 2. The number of esters is 2. The summed E-state index contributed by atoms with van der Waals surface area (Å²) < 4.78 is 16.7. The van der Waals surface area contributed by atoms with Crippen LogP contribution in [0.25, 0.3) is 6.08 Å². The predicted octanol–water partition coefficient (Wildman–Crippen LogP) is 4.61. The fraction of sp³-hybridized carbons (Fsp3) is 0.150. The maximum absolute atomic E-state index is 12.2. The molecule has 1 aliphatic heterocycles. The van der Waals surface area contributed by atoms with Gasteiger partial charge in [-0.15, -0.1) is 0 Å². The van der Waals surface area contributed by atoms with Crippen molar-refractivity contribution in [1.82, 2.24) is 0 Å². The molecule has 2 aromatic rings. The Bertz CT molecular complexity index is 1020. The highest BCUT2D eigenvalue weighted by Gasteiger charge is 2.26. The van der Waals surface area contributed by atoms with E-state index in [0.29, 0.717) is 37.8 Å². The number of benzene rings is 2. The highest BCUT2D eigenvalue weighted by atomic mass is 127. The zero-order chi connectivity index (χ0) is 20.3. The average Bonchev–Trinajstić information content (AvgIpc) is 2.99. The van der Waals surface area contributed by atoms with Crippen LogP contribution in [0.1, 0.15) is 25.0 Å². The molecule has 0 aromatic heterocycles. The number of carbonyl (C=O) groups is 2. The van der Waals surface area contributed by atoms with Crippen LogP contribution >= 0.6 is 34.2 Å². The van der Waals surface area contributed by atoms with E-state index in [0.717, 1.165) is 0 Å². The molecular formula is C20H15ClINO5. The quantitative estimate of drug-likeness (QED) is 0.254. The zero-order valence-electron chi connectivity index (χ0n) is 15.0. The smallest absolute Gasteiger partial charge is 0.363 e. The van der Waals surface area contributed by atoms with Crippen molar-refractivity contribution in [2.75, 3.05) is 6.61 Å². The molecule has 0 amide bonds. The Kier molecular flexibility index (Phi) is 6.35. The first-order valence-electron chi connectivity index (χ1n) is 8.31. The van der Waals surface area contributed by atoms with Crippen molar-refractivity contribution in [3.63, 3.8) is 0 Å². The van der Waals surface area contributed by atoms with E-state index < -0.39 is 11.9 Å². The minimum Gasteiger partial charge on any atom is -0.490 e. The normalized spacial score (nSPS) is 14.6.